The number of anilines is 2. The van der Waals surface area contributed by atoms with E-state index in [0.29, 0.717) is 22.9 Å². The maximum absolute atomic E-state index is 11.1. The third-order valence-corrected chi connectivity index (χ3v) is 3.90. The summed E-state index contributed by atoms with van der Waals surface area (Å²) in [4.78, 5) is 0. The summed E-state index contributed by atoms with van der Waals surface area (Å²) >= 11 is 0. The first-order valence-electron chi connectivity index (χ1n) is 6.91. The van der Waals surface area contributed by atoms with Crippen LogP contribution in [0.25, 0.3) is 0 Å². The van der Waals surface area contributed by atoms with Crippen LogP contribution in [0.5, 0.6) is 11.5 Å². The van der Waals surface area contributed by atoms with Crippen molar-refractivity contribution in [3.05, 3.63) is 48.5 Å². The molecule has 0 saturated carbocycles. The molecular formula is C14H16BN2O6S2. The quantitative estimate of drug-likeness (QED) is 0.667. The monoisotopic (exact) mass is 383 g/mol. The van der Waals surface area contributed by atoms with Crippen molar-refractivity contribution in [3.8, 4) is 11.5 Å². The molecule has 2 aromatic carbocycles. The van der Waals surface area contributed by atoms with Crippen LogP contribution in [0.4, 0.5) is 11.4 Å². The summed E-state index contributed by atoms with van der Waals surface area (Å²) in [5, 5.41) is 0. The summed E-state index contributed by atoms with van der Waals surface area (Å²) in [6.07, 6.45) is 2.13. The number of sulfonamides is 2. The topological polar surface area (TPSA) is 111 Å². The van der Waals surface area contributed by atoms with Gasteiger partial charge in [0.1, 0.15) is 11.5 Å². The van der Waals surface area contributed by atoms with E-state index in [4.69, 9.17) is 9.31 Å². The highest BCUT2D eigenvalue weighted by Gasteiger charge is 2.05. The van der Waals surface area contributed by atoms with Crippen molar-refractivity contribution < 1.29 is 26.1 Å². The van der Waals surface area contributed by atoms with E-state index in [1.54, 1.807) is 48.5 Å². The van der Waals surface area contributed by atoms with Crippen molar-refractivity contribution >= 4 is 39.1 Å². The largest absolute Gasteiger partial charge is 0.658 e. The summed E-state index contributed by atoms with van der Waals surface area (Å²) in [5.74, 6) is 0.906. The van der Waals surface area contributed by atoms with Crippen LogP contribution in [0.3, 0.4) is 0 Å². The lowest BCUT2D eigenvalue weighted by Gasteiger charge is -2.09. The summed E-state index contributed by atoms with van der Waals surface area (Å²) in [7, 11) is -5.54. The van der Waals surface area contributed by atoms with Gasteiger partial charge in [0.2, 0.25) is 20.0 Å². The molecule has 0 bridgehead atoms. The summed E-state index contributed by atoms with van der Waals surface area (Å²) in [6.45, 7) is 0. The average Bonchev–Trinajstić information content (AvgIpc) is 2.48. The molecule has 8 nitrogen and oxygen atoms in total. The first-order chi connectivity index (χ1) is 11.6. The minimum absolute atomic E-state index is 0.421. The van der Waals surface area contributed by atoms with Crippen molar-refractivity contribution in [2.45, 2.75) is 0 Å². The molecule has 0 aliphatic rings. The molecule has 0 fully saturated rings. The Morgan fingerprint density at radius 1 is 0.680 bits per heavy atom. The molecule has 0 spiro atoms. The van der Waals surface area contributed by atoms with Crippen molar-refractivity contribution in [1.29, 1.82) is 0 Å². The SMILES string of the molecule is CS(=O)(=O)Nc1ccc(O[B]Oc2ccc(NS(C)(=O)=O)cc2)cc1. The molecule has 2 rings (SSSR count). The van der Waals surface area contributed by atoms with Crippen molar-refractivity contribution in [3.63, 3.8) is 0 Å². The standard InChI is InChI=1S/C14H16BN2O6S2/c1-24(18,19)16-11-3-7-13(8-4-11)22-15-23-14-9-5-12(6-10-14)17-25(2,20)21/h3-10,16-17H,1-2H3. The number of hydrogen-bond donors (Lipinski definition) is 2. The molecular weight excluding hydrogens is 367 g/mol. The van der Waals surface area contributed by atoms with E-state index in [9.17, 15) is 16.8 Å². The maximum Gasteiger partial charge on any atom is 0.658 e. The van der Waals surface area contributed by atoms with Gasteiger partial charge in [-0.1, -0.05) is 0 Å². The molecule has 0 aliphatic heterocycles. The molecule has 0 aliphatic carbocycles. The number of hydrogen-bond acceptors (Lipinski definition) is 6. The molecule has 0 saturated heterocycles. The van der Waals surface area contributed by atoms with Gasteiger partial charge in [-0.2, -0.15) is 0 Å². The van der Waals surface area contributed by atoms with Gasteiger partial charge in [-0.25, -0.2) is 16.8 Å². The lowest BCUT2D eigenvalue weighted by molar-refractivity contribution is 0.459. The van der Waals surface area contributed by atoms with Crippen LogP contribution in [0, 0.1) is 0 Å². The van der Waals surface area contributed by atoms with E-state index in [1.165, 1.54) is 0 Å². The van der Waals surface area contributed by atoms with Gasteiger partial charge in [-0.05, 0) is 48.5 Å². The number of nitrogens with one attached hydrogen (secondary N) is 2. The second-order valence-corrected chi connectivity index (χ2v) is 8.63. The Morgan fingerprint density at radius 3 is 1.28 bits per heavy atom. The summed E-state index contributed by atoms with van der Waals surface area (Å²) in [5.41, 5.74) is 0.842. The highest BCUT2D eigenvalue weighted by Crippen LogP contribution is 2.18. The highest BCUT2D eigenvalue weighted by molar-refractivity contribution is 7.92. The zero-order valence-electron chi connectivity index (χ0n) is 13.5. The second-order valence-electron chi connectivity index (χ2n) is 5.13. The van der Waals surface area contributed by atoms with E-state index in [0.717, 1.165) is 20.2 Å². The molecule has 0 aromatic heterocycles. The first kappa shape index (κ1) is 18.9. The van der Waals surface area contributed by atoms with Crippen LogP contribution in [0.2, 0.25) is 0 Å². The first-order valence-corrected chi connectivity index (χ1v) is 10.7. The highest BCUT2D eigenvalue weighted by atomic mass is 32.2. The molecule has 2 aromatic rings. The van der Waals surface area contributed by atoms with Gasteiger partial charge < -0.3 is 9.31 Å². The Kier molecular flexibility index (Phi) is 5.80. The fourth-order valence-electron chi connectivity index (χ4n) is 1.77. The second kappa shape index (κ2) is 7.66. The predicted octanol–water partition coefficient (Wildman–Crippen LogP) is 1.42. The van der Waals surface area contributed by atoms with Gasteiger partial charge in [0, 0.05) is 11.4 Å². The van der Waals surface area contributed by atoms with Gasteiger partial charge in [-0.3, -0.25) is 9.44 Å². The van der Waals surface area contributed by atoms with Crippen molar-refractivity contribution in [2.24, 2.45) is 0 Å². The van der Waals surface area contributed by atoms with E-state index in [-0.39, 0.29) is 0 Å². The third-order valence-electron chi connectivity index (χ3n) is 2.68. The van der Waals surface area contributed by atoms with E-state index >= 15 is 0 Å². The minimum Gasteiger partial charge on any atom is -0.526 e. The van der Waals surface area contributed by atoms with Gasteiger partial charge >= 0.3 is 7.69 Å². The van der Waals surface area contributed by atoms with E-state index < -0.39 is 20.0 Å². The normalized spacial score (nSPS) is 11.4. The Balaban J connectivity index is 1.84. The zero-order valence-corrected chi connectivity index (χ0v) is 15.1. The molecule has 2 N–H and O–H groups in total. The Morgan fingerprint density at radius 2 is 1.00 bits per heavy atom. The summed E-state index contributed by atoms with van der Waals surface area (Å²) in [6, 6.07) is 12.5. The smallest absolute Gasteiger partial charge is 0.526 e. The molecule has 0 unspecified atom stereocenters. The minimum atomic E-state index is -3.32. The van der Waals surface area contributed by atoms with Crippen LogP contribution in [0.1, 0.15) is 0 Å². The number of benzene rings is 2. The molecule has 0 heterocycles. The Labute approximate surface area is 147 Å². The third kappa shape index (κ3) is 7.35. The Bertz CT molecular complexity index is 835. The Hall–Kier alpha value is -2.40. The molecule has 25 heavy (non-hydrogen) atoms. The van der Waals surface area contributed by atoms with Crippen LogP contribution in [-0.2, 0) is 20.0 Å². The number of rotatable bonds is 8. The maximum atomic E-state index is 11.1. The molecule has 0 atom stereocenters. The van der Waals surface area contributed by atoms with Gasteiger partial charge in [-0.15, -0.1) is 0 Å². The van der Waals surface area contributed by atoms with E-state index in [1.807, 2.05) is 0 Å². The average molecular weight is 383 g/mol. The van der Waals surface area contributed by atoms with Gasteiger partial charge in [0.15, 0.2) is 0 Å². The predicted molar refractivity (Wildman–Crippen MR) is 96.8 cm³/mol. The fraction of sp³-hybridized carbons (Fsp3) is 0.143. The van der Waals surface area contributed by atoms with Gasteiger partial charge in [0.25, 0.3) is 0 Å². The van der Waals surface area contributed by atoms with E-state index in [2.05, 4.69) is 9.44 Å². The zero-order chi connectivity index (χ0) is 18.5. The lowest BCUT2D eigenvalue weighted by atomic mass is 10.2. The van der Waals surface area contributed by atoms with Crippen LogP contribution < -0.4 is 18.8 Å². The fourth-order valence-corrected chi connectivity index (χ4v) is 2.89. The molecule has 11 heteroatoms. The summed E-state index contributed by atoms with van der Waals surface area (Å²) < 4.78 is 59.7. The van der Waals surface area contributed by atoms with Gasteiger partial charge in [0.05, 0.1) is 12.5 Å². The van der Waals surface area contributed by atoms with Crippen molar-refractivity contribution in [1.82, 2.24) is 0 Å². The van der Waals surface area contributed by atoms with Crippen LogP contribution >= 0.6 is 0 Å². The molecule has 133 valence electrons. The van der Waals surface area contributed by atoms with Crippen LogP contribution in [0.15, 0.2) is 48.5 Å². The van der Waals surface area contributed by atoms with Crippen molar-refractivity contribution in [2.75, 3.05) is 22.0 Å². The molecule has 0 amide bonds. The lowest BCUT2D eigenvalue weighted by Crippen LogP contribution is -2.12. The van der Waals surface area contributed by atoms with Crippen LogP contribution in [-0.4, -0.2) is 37.0 Å². The molecule has 1 radical (unpaired) electrons.